The number of carbonyl (C=O) groups is 4. The Bertz CT molecular complexity index is 1040. The normalized spacial score (nSPS) is 38.1. The van der Waals surface area contributed by atoms with E-state index in [1.165, 1.54) is 27.2 Å². The molecule has 1 N–H and O–H groups in total. The van der Waals surface area contributed by atoms with Gasteiger partial charge in [0.2, 0.25) is 0 Å². The Balaban J connectivity index is 2.05. The van der Waals surface area contributed by atoms with E-state index in [0.29, 0.717) is 17.7 Å². The van der Waals surface area contributed by atoms with E-state index in [-0.39, 0.29) is 18.6 Å². The molecule has 1 aromatic heterocycles. The van der Waals surface area contributed by atoms with Crippen molar-refractivity contribution in [1.82, 2.24) is 0 Å². The quantitative estimate of drug-likeness (QED) is 0.516. The Labute approximate surface area is 198 Å². The number of ether oxygens (including phenoxy) is 3. The van der Waals surface area contributed by atoms with Gasteiger partial charge < -0.3 is 23.7 Å². The number of hydrogen-bond acceptors (Lipinski definition) is 9. The minimum Gasteiger partial charge on any atom is -0.469 e. The van der Waals surface area contributed by atoms with E-state index in [0.717, 1.165) is 0 Å². The molecule has 0 radical (unpaired) electrons. The van der Waals surface area contributed by atoms with Gasteiger partial charge in [0, 0.05) is 38.2 Å². The molecule has 7 atom stereocenters. The topological polar surface area (TPSA) is 129 Å². The number of ketones is 1. The van der Waals surface area contributed by atoms with Gasteiger partial charge in [0.15, 0.2) is 6.10 Å². The number of esters is 3. The molecule has 2 saturated carbocycles. The summed E-state index contributed by atoms with van der Waals surface area (Å²) < 4.78 is 22.3. The Hall–Kier alpha value is -2.68. The van der Waals surface area contributed by atoms with Gasteiger partial charge >= 0.3 is 17.9 Å². The van der Waals surface area contributed by atoms with E-state index in [2.05, 4.69) is 0 Å². The SMILES string of the molecule is COC(=O)[C@@H]1c2ccoc2C[C@H]2[C@@H]1[C@@H](OC(C)=O)[C@H](OC(C)=O)[C@@]1(O)C(C)(C)CCC(=O)[C@]21C. The largest absolute Gasteiger partial charge is 0.469 e. The van der Waals surface area contributed by atoms with E-state index in [1.54, 1.807) is 13.0 Å². The highest BCUT2D eigenvalue weighted by Crippen LogP contribution is 2.66. The molecule has 4 rings (SSSR count). The molecule has 0 spiro atoms. The molecule has 1 heterocycles. The standard InChI is InChI=1S/C25H32O9/c1-12(26)33-20-19-15(11-16-14(8-10-32-16)18(19)22(29)31-6)24(5)17(28)7-9-23(3,4)25(24,30)21(20)34-13(2)27/h8,10,15,18-21,30H,7,9,11H2,1-6H3/t15-,18+,19-,20+,21-,24-,25+/m0/s1. The molecule has 9 nitrogen and oxygen atoms in total. The summed E-state index contributed by atoms with van der Waals surface area (Å²) in [6, 6.07) is 1.66. The summed E-state index contributed by atoms with van der Waals surface area (Å²) in [7, 11) is 1.26. The molecule has 0 saturated heterocycles. The van der Waals surface area contributed by atoms with E-state index < -0.39 is 64.3 Å². The molecule has 1 aromatic rings. The average Bonchev–Trinajstić information content (AvgIpc) is 3.23. The van der Waals surface area contributed by atoms with E-state index in [1.807, 2.05) is 13.8 Å². The zero-order chi connectivity index (χ0) is 25.2. The first kappa shape index (κ1) is 24.4. The fourth-order valence-corrected chi connectivity index (χ4v) is 7.05. The van der Waals surface area contributed by atoms with Crippen LogP contribution < -0.4 is 0 Å². The van der Waals surface area contributed by atoms with Crippen LogP contribution in [0, 0.1) is 22.7 Å². The number of methoxy groups -OCH3 is 1. The Morgan fingerprint density at radius 1 is 1.12 bits per heavy atom. The van der Waals surface area contributed by atoms with Gasteiger partial charge in [-0.1, -0.05) is 13.8 Å². The van der Waals surface area contributed by atoms with Crippen LogP contribution in [-0.2, 0) is 39.8 Å². The van der Waals surface area contributed by atoms with Crippen LogP contribution >= 0.6 is 0 Å². The van der Waals surface area contributed by atoms with Crippen LogP contribution in [0.4, 0.5) is 0 Å². The third kappa shape index (κ3) is 3.08. The fraction of sp³-hybridized carbons (Fsp3) is 0.680. The maximum absolute atomic E-state index is 13.7. The summed E-state index contributed by atoms with van der Waals surface area (Å²) in [6.07, 6.45) is -0.295. The fourth-order valence-electron chi connectivity index (χ4n) is 7.05. The number of carbonyl (C=O) groups excluding carboxylic acids is 4. The smallest absolute Gasteiger partial charge is 0.313 e. The van der Waals surface area contributed by atoms with E-state index in [4.69, 9.17) is 18.6 Å². The third-order valence-corrected chi connectivity index (χ3v) is 8.63. The number of Topliss-reactive ketones (excluding diaryl/α,β-unsaturated/α-hetero) is 1. The molecule has 9 heteroatoms. The molecule has 34 heavy (non-hydrogen) atoms. The van der Waals surface area contributed by atoms with Crippen molar-refractivity contribution >= 4 is 23.7 Å². The van der Waals surface area contributed by atoms with Gasteiger partial charge in [-0.2, -0.15) is 0 Å². The van der Waals surface area contributed by atoms with Crippen LogP contribution in [0.15, 0.2) is 16.7 Å². The number of fused-ring (bicyclic) bond motifs is 4. The lowest BCUT2D eigenvalue weighted by molar-refractivity contribution is -0.303. The van der Waals surface area contributed by atoms with Crippen molar-refractivity contribution in [2.75, 3.05) is 7.11 Å². The van der Waals surface area contributed by atoms with Gasteiger partial charge in [0.05, 0.1) is 24.7 Å². The molecule has 3 aliphatic carbocycles. The number of furan rings is 1. The Kier molecular flexibility index (Phi) is 5.70. The second-order valence-electron chi connectivity index (χ2n) is 10.6. The maximum Gasteiger partial charge on any atom is 0.313 e. The van der Waals surface area contributed by atoms with Gasteiger partial charge in [-0.15, -0.1) is 0 Å². The van der Waals surface area contributed by atoms with Gasteiger partial charge in [-0.25, -0.2) is 0 Å². The first-order valence-electron chi connectivity index (χ1n) is 11.6. The molecule has 186 valence electrons. The zero-order valence-electron chi connectivity index (χ0n) is 20.4. The summed E-state index contributed by atoms with van der Waals surface area (Å²) in [6.45, 7) is 7.73. The van der Waals surface area contributed by atoms with E-state index in [9.17, 15) is 24.3 Å². The lowest BCUT2D eigenvalue weighted by Gasteiger charge is -2.67. The predicted octanol–water partition coefficient (Wildman–Crippen LogP) is 2.33. The highest BCUT2D eigenvalue weighted by atomic mass is 16.6. The highest BCUT2D eigenvalue weighted by molar-refractivity contribution is 5.89. The highest BCUT2D eigenvalue weighted by Gasteiger charge is 2.77. The number of rotatable bonds is 3. The minimum absolute atomic E-state index is 0.193. The average molecular weight is 477 g/mol. The molecular formula is C25H32O9. The van der Waals surface area contributed by atoms with Crippen molar-refractivity contribution in [3.05, 3.63) is 23.7 Å². The molecule has 0 bridgehead atoms. The first-order valence-corrected chi connectivity index (χ1v) is 11.6. The molecule has 0 aliphatic heterocycles. The first-order chi connectivity index (χ1) is 15.8. The molecule has 2 fully saturated rings. The monoisotopic (exact) mass is 476 g/mol. The second kappa shape index (κ2) is 7.93. The molecule has 0 unspecified atom stereocenters. The molecular weight excluding hydrogens is 444 g/mol. The van der Waals surface area contributed by atoms with Crippen molar-refractivity contribution in [3.8, 4) is 0 Å². The van der Waals surface area contributed by atoms with Crippen LogP contribution in [0.25, 0.3) is 0 Å². The molecule has 0 aromatic carbocycles. The van der Waals surface area contributed by atoms with Crippen molar-refractivity contribution in [2.24, 2.45) is 22.7 Å². The summed E-state index contributed by atoms with van der Waals surface area (Å²) in [5.41, 5.74) is -3.62. The predicted molar refractivity (Wildman–Crippen MR) is 116 cm³/mol. The summed E-state index contributed by atoms with van der Waals surface area (Å²) in [5.74, 6) is -4.01. The van der Waals surface area contributed by atoms with Gasteiger partial charge in [0.1, 0.15) is 23.2 Å². The van der Waals surface area contributed by atoms with Gasteiger partial charge in [0.25, 0.3) is 0 Å². The summed E-state index contributed by atoms with van der Waals surface area (Å²) in [5, 5.41) is 12.5. The minimum atomic E-state index is -1.88. The van der Waals surface area contributed by atoms with Crippen LogP contribution in [-0.4, -0.2) is 53.7 Å². The van der Waals surface area contributed by atoms with Crippen molar-refractivity contribution in [3.63, 3.8) is 0 Å². The van der Waals surface area contributed by atoms with Crippen molar-refractivity contribution in [1.29, 1.82) is 0 Å². The lowest BCUT2D eigenvalue weighted by atomic mass is 9.39. The molecule has 3 aliphatic rings. The Morgan fingerprint density at radius 3 is 2.35 bits per heavy atom. The van der Waals surface area contributed by atoms with Gasteiger partial charge in [-0.3, -0.25) is 19.2 Å². The number of aliphatic hydroxyl groups is 1. The zero-order valence-corrected chi connectivity index (χ0v) is 20.4. The van der Waals surface area contributed by atoms with Gasteiger partial charge in [-0.05, 0) is 30.7 Å². The molecule has 0 amide bonds. The van der Waals surface area contributed by atoms with Crippen LogP contribution in [0.5, 0.6) is 0 Å². The van der Waals surface area contributed by atoms with Crippen molar-refractivity contribution in [2.45, 2.75) is 77.6 Å². The third-order valence-electron chi connectivity index (χ3n) is 8.63. The second-order valence-corrected chi connectivity index (χ2v) is 10.6. The summed E-state index contributed by atoms with van der Waals surface area (Å²) >= 11 is 0. The van der Waals surface area contributed by atoms with Crippen molar-refractivity contribution < 1.29 is 42.9 Å². The lowest BCUT2D eigenvalue weighted by Crippen LogP contribution is -2.79. The Morgan fingerprint density at radius 2 is 1.76 bits per heavy atom. The van der Waals surface area contributed by atoms with Crippen LogP contribution in [0.3, 0.4) is 0 Å². The maximum atomic E-state index is 13.7. The van der Waals surface area contributed by atoms with E-state index >= 15 is 0 Å². The van der Waals surface area contributed by atoms with Crippen LogP contribution in [0.1, 0.15) is 64.7 Å². The summed E-state index contributed by atoms with van der Waals surface area (Å²) in [4.78, 5) is 51.4. The number of hydrogen-bond donors (Lipinski definition) is 1. The van der Waals surface area contributed by atoms with Crippen LogP contribution in [0.2, 0.25) is 0 Å².